The van der Waals surface area contributed by atoms with Crippen molar-refractivity contribution in [3.8, 4) is 5.75 Å². The molecule has 1 aromatic rings. The number of methoxy groups -OCH3 is 1. The van der Waals surface area contributed by atoms with Crippen LogP contribution in [0, 0.1) is 0 Å². The predicted octanol–water partition coefficient (Wildman–Crippen LogP) is -1.02. The largest absolute Gasteiger partial charge is 1.00 e. The lowest BCUT2D eigenvalue weighted by molar-refractivity contribution is -0.466. The molecule has 0 unspecified atom stereocenters. The lowest BCUT2D eigenvalue weighted by atomic mass is 10.3. The van der Waals surface area contributed by atoms with Gasteiger partial charge < -0.3 is 28.7 Å². The number of halogens is 1. The summed E-state index contributed by atoms with van der Waals surface area (Å²) >= 11 is 1.74. The molecule has 17 heavy (non-hydrogen) atoms. The third-order valence-electron chi connectivity index (χ3n) is 2.03. The summed E-state index contributed by atoms with van der Waals surface area (Å²) in [5.74, 6) is 0.889. The molecule has 1 rings (SSSR count). The maximum absolute atomic E-state index is 5.13. The van der Waals surface area contributed by atoms with Crippen LogP contribution >= 0.6 is 11.8 Å². The van der Waals surface area contributed by atoms with E-state index in [1.165, 1.54) is 10.1 Å². The van der Waals surface area contributed by atoms with Crippen molar-refractivity contribution in [2.24, 2.45) is 0 Å². The number of benzene rings is 1. The van der Waals surface area contributed by atoms with E-state index in [1.807, 2.05) is 40.3 Å². The standard InChI is InChI=1S/C12H19N2OS.HI/c1-13(2)12(14(3)4)16-11-8-6-10(15-5)7-9-11;/h6-9H,1-5H3;1H/q+1;/p-1. The second-order valence-electron chi connectivity index (χ2n) is 3.85. The van der Waals surface area contributed by atoms with E-state index < -0.39 is 0 Å². The highest BCUT2D eigenvalue weighted by Gasteiger charge is 2.13. The van der Waals surface area contributed by atoms with Gasteiger partial charge in [0.2, 0.25) is 0 Å². The molecular weight excluding hydrogens is 347 g/mol. The van der Waals surface area contributed by atoms with Gasteiger partial charge in [0.25, 0.3) is 0 Å². The fourth-order valence-electron chi connectivity index (χ4n) is 1.33. The molecule has 0 aliphatic heterocycles. The van der Waals surface area contributed by atoms with E-state index in [1.54, 1.807) is 18.9 Å². The van der Waals surface area contributed by atoms with Gasteiger partial charge in [-0.15, -0.1) is 0 Å². The Balaban J connectivity index is 0.00000256. The molecule has 0 N–H and O–H groups in total. The number of nitrogens with zero attached hydrogens (tertiary/aromatic N) is 2. The molecule has 0 radical (unpaired) electrons. The van der Waals surface area contributed by atoms with Crippen LogP contribution in [-0.4, -0.2) is 49.9 Å². The lowest BCUT2D eigenvalue weighted by Gasteiger charge is -2.10. The van der Waals surface area contributed by atoms with Crippen LogP contribution in [0.5, 0.6) is 5.75 Å². The number of thioether (sulfide) groups is 1. The van der Waals surface area contributed by atoms with Gasteiger partial charge in [0.05, 0.1) is 35.3 Å². The molecule has 0 spiro atoms. The summed E-state index contributed by atoms with van der Waals surface area (Å²) in [6.45, 7) is 0. The fraction of sp³-hybridized carbons (Fsp3) is 0.417. The molecule has 1 aromatic carbocycles. The second-order valence-corrected chi connectivity index (χ2v) is 4.89. The highest BCUT2D eigenvalue weighted by atomic mass is 127. The topological polar surface area (TPSA) is 15.5 Å². The summed E-state index contributed by atoms with van der Waals surface area (Å²) in [5.41, 5.74) is 0. The van der Waals surface area contributed by atoms with E-state index in [4.69, 9.17) is 4.74 Å². The van der Waals surface area contributed by atoms with Crippen molar-refractivity contribution in [3.63, 3.8) is 0 Å². The van der Waals surface area contributed by atoms with Crippen LogP contribution in [-0.2, 0) is 0 Å². The molecule has 0 bridgehead atoms. The van der Waals surface area contributed by atoms with Gasteiger partial charge in [-0.1, -0.05) is 0 Å². The predicted molar refractivity (Wildman–Crippen MR) is 69.7 cm³/mol. The zero-order valence-electron chi connectivity index (χ0n) is 10.9. The van der Waals surface area contributed by atoms with Crippen LogP contribution in [0.15, 0.2) is 29.2 Å². The summed E-state index contributed by atoms with van der Waals surface area (Å²) in [6, 6.07) is 8.09. The Morgan fingerprint density at radius 3 is 2.06 bits per heavy atom. The minimum atomic E-state index is 0. The molecule has 0 saturated carbocycles. The number of hydrogen-bond acceptors (Lipinski definition) is 2. The van der Waals surface area contributed by atoms with E-state index in [0.29, 0.717) is 0 Å². The third kappa shape index (κ3) is 5.16. The first kappa shape index (κ1) is 16.6. The molecule has 3 nitrogen and oxygen atoms in total. The Kier molecular flexibility index (Phi) is 7.61. The first-order valence-electron chi connectivity index (χ1n) is 5.08. The molecule has 0 saturated heterocycles. The molecule has 0 amide bonds. The van der Waals surface area contributed by atoms with Crippen LogP contribution in [0.3, 0.4) is 0 Å². The van der Waals surface area contributed by atoms with E-state index in [9.17, 15) is 0 Å². The zero-order valence-corrected chi connectivity index (χ0v) is 13.9. The Morgan fingerprint density at radius 2 is 1.71 bits per heavy atom. The Bertz CT molecular complexity index is 373. The highest BCUT2D eigenvalue weighted by molar-refractivity contribution is 8.13. The van der Waals surface area contributed by atoms with Crippen molar-refractivity contribution >= 4 is 16.9 Å². The van der Waals surface area contributed by atoms with Crippen LogP contribution in [0.25, 0.3) is 0 Å². The lowest BCUT2D eigenvalue weighted by Crippen LogP contribution is -3.00. The minimum Gasteiger partial charge on any atom is -1.00 e. The Hall–Kier alpha value is -0.430. The summed E-state index contributed by atoms with van der Waals surface area (Å²) in [4.78, 5) is 3.31. The van der Waals surface area contributed by atoms with Crippen molar-refractivity contribution in [2.75, 3.05) is 35.3 Å². The van der Waals surface area contributed by atoms with Crippen LogP contribution in [0.1, 0.15) is 0 Å². The zero-order chi connectivity index (χ0) is 12.1. The molecule has 5 heteroatoms. The SMILES string of the molecule is COc1ccc(SC(N(C)C)=[N+](C)C)cc1.[I-]. The van der Waals surface area contributed by atoms with Crippen LogP contribution < -0.4 is 28.7 Å². The summed E-state index contributed by atoms with van der Waals surface area (Å²) < 4.78 is 7.24. The van der Waals surface area contributed by atoms with E-state index in [2.05, 4.69) is 21.6 Å². The number of amidine groups is 1. The Morgan fingerprint density at radius 1 is 1.18 bits per heavy atom. The summed E-state index contributed by atoms with van der Waals surface area (Å²) in [5, 5.41) is 1.20. The highest BCUT2D eigenvalue weighted by Crippen LogP contribution is 2.22. The summed E-state index contributed by atoms with van der Waals surface area (Å²) in [6.07, 6.45) is 0. The van der Waals surface area contributed by atoms with Crippen LogP contribution in [0.4, 0.5) is 0 Å². The second kappa shape index (κ2) is 7.81. The maximum atomic E-state index is 5.13. The smallest absolute Gasteiger partial charge is 0.312 e. The molecule has 0 atom stereocenters. The third-order valence-corrected chi connectivity index (χ3v) is 3.45. The van der Waals surface area contributed by atoms with E-state index >= 15 is 0 Å². The average molecular weight is 366 g/mol. The van der Waals surface area contributed by atoms with Crippen molar-refractivity contribution < 1.29 is 33.3 Å². The van der Waals surface area contributed by atoms with Crippen LogP contribution in [0.2, 0.25) is 0 Å². The molecule has 0 aliphatic rings. The van der Waals surface area contributed by atoms with Crippen molar-refractivity contribution in [3.05, 3.63) is 24.3 Å². The summed E-state index contributed by atoms with van der Waals surface area (Å²) in [7, 11) is 9.87. The first-order valence-corrected chi connectivity index (χ1v) is 5.89. The normalized spacial score (nSPS) is 9.24. The van der Waals surface area contributed by atoms with Gasteiger partial charge in [-0.2, -0.15) is 0 Å². The van der Waals surface area contributed by atoms with E-state index in [-0.39, 0.29) is 24.0 Å². The van der Waals surface area contributed by atoms with Gasteiger partial charge in [-0.05, 0) is 36.0 Å². The number of ether oxygens (including phenoxy) is 1. The monoisotopic (exact) mass is 366 g/mol. The molecule has 0 aromatic heterocycles. The van der Waals surface area contributed by atoms with Gasteiger partial charge in [0, 0.05) is 4.90 Å². The van der Waals surface area contributed by atoms with Gasteiger partial charge >= 0.3 is 5.17 Å². The number of rotatable bonds is 2. The van der Waals surface area contributed by atoms with E-state index in [0.717, 1.165) is 5.75 Å². The quantitative estimate of drug-likeness (QED) is 0.219. The minimum absolute atomic E-state index is 0. The van der Waals surface area contributed by atoms with Crippen molar-refractivity contribution in [1.82, 2.24) is 4.90 Å². The molecule has 96 valence electrons. The van der Waals surface area contributed by atoms with Crippen molar-refractivity contribution in [1.29, 1.82) is 0 Å². The molecular formula is C12H19IN2OS. The van der Waals surface area contributed by atoms with Gasteiger partial charge in [-0.3, -0.25) is 9.48 Å². The van der Waals surface area contributed by atoms with Crippen molar-refractivity contribution in [2.45, 2.75) is 4.90 Å². The molecule has 0 heterocycles. The molecule has 0 fully saturated rings. The first-order chi connectivity index (χ1) is 7.54. The number of hydrogen-bond donors (Lipinski definition) is 0. The van der Waals surface area contributed by atoms with Gasteiger partial charge in [0.1, 0.15) is 5.75 Å². The van der Waals surface area contributed by atoms with Gasteiger partial charge in [-0.25, -0.2) is 0 Å². The molecule has 0 aliphatic carbocycles. The Labute approximate surface area is 125 Å². The van der Waals surface area contributed by atoms with Gasteiger partial charge in [0.15, 0.2) is 0 Å². The fourth-order valence-corrected chi connectivity index (χ4v) is 2.18. The average Bonchev–Trinajstić information content (AvgIpc) is 2.25. The maximum Gasteiger partial charge on any atom is 0.312 e.